The number of amides is 1. The molecule has 0 saturated heterocycles. The first-order valence-corrected chi connectivity index (χ1v) is 11.0. The average Bonchev–Trinajstić information content (AvgIpc) is 3.26. The van der Waals surface area contributed by atoms with Gasteiger partial charge >= 0.3 is 0 Å². The Hall–Kier alpha value is -3.49. The average molecular weight is 449 g/mol. The number of hydrogen-bond acceptors (Lipinski definition) is 7. The number of rotatable bonds is 9. The fourth-order valence-electron chi connectivity index (χ4n) is 3.47. The Labute approximate surface area is 190 Å². The van der Waals surface area contributed by atoms with Crippen molar-refractivity contribution in [2.45, 2.75) is 13.3 Å². The molecule has 164 valence electrons. The highest BCUT2D eigenvalue weighted by Crippen LogP contribution is 2.38. The van der Waals surface area contributed by atoms with Gasteiger partial charge in [-0.3, -0.25) is 4.79 Å². The van der Waals surface area contributed by atoms with Gasteiger partial charge < -0.3 is 20.5 Å². The van der Waals surface area contributed by atoms with Crippen LogP contribution in [0.3, 0.4) is 0 Å². The number of anilines is 2. The zero-order valence-electron chi connectivity index (χ0n) is 17.9. The number of primary amides is 1. The topological polar surface area (TPSA) is 99.4 Å². The lowest BCUT2D eigenvalue weighted by Gasteiger charge is -2.13. The molecule has 0 aliphatic heterocycles. The highest BCUT2D eigenvalue weighted by Gasteiger charge is 2.16. The summed E-state index contributed by atoms with van der Waals surface area (Å²) in [5.41, 5.74) is 9.75. The molecule has 2 heterocycles. The van der Waals surface area contributed by atoms with Crippen molar-refractivity contribution in [3.05, 3.63) is 65.0 Å². The second kappa shape index (κ2) is 9.76. The predicted molar refractivity (Wildman–Crippen MR) is 128 cm³/mol. The van der Waals surface area contributed by atoms with Crippen LogP contribution in [-0.2, 0) is 16.0 Å². The lowest BCUT2D eigenvalue weighted by molar-refractivity contribution is -0.117. The molecule has 1 amide bonds. The maximum atomic E-state index is 11.2. The summed E-state index contributed by atoms with van der Waals surface area (Å²) in [6.07, 6.45) is 0.219. The summed E-state index contributed by atoms with van der Waals surface area (Å²) in [6.45, 7) is 2.95. The fraction of sp³-hybridized carbons (Fsp3) is 0.208. The zero-order chi connectivity index (χ0) is 22.5. The highest BCUT2D eigenvalue weighted by molar-refractivity contribution is 7.17. The number of nitrogens with one attached hydrogen (secondary N) is 1. The van der Waals surface area contributed by atoms with Crippen molar-refractivity contribution >= 4 is 38.8 Å². The Bertz CT molecular complexity index is 1260. The van der Waals surface area contributed by atoms with E-state index in [2.05, 4.69) is 15.5 Å². The molecular formula is C24H24N4O3S. The second-order valence-corrected chi connectivity index (χ2v) is 8.23. The van der Waals surface area contributed by atoms with Crippen LogP contribution in [-0.4, -0.2) is 36.4 Å². The van der Waals surface area contributed by atoms with E-state index in [0.29, 0.717) is 19.0 Å². The molecule has 2 aromatic heterocycles. The number of thiophene rings is 1. The van der Waals surface area contributed by atoms with Gasteiger partial charge in [0.2, 0.25) is 5.91 Å². The lowest BCUT2D eigenvalue weighted by Crippen LogP contribution is -2.13. The molecule has 3 N–H and O–H groups in total. The van der Waals surface area contributed by atoms with Crippen LogP contribution < -0.4 is 15.8 Å². The minimum absolute atomic E-state index is 0.219. The van der Waals surface area contributed by atoms with Crippen LogP contribution in [0.15, 0.2) is 53.9 Å². The molecule has 0 unspecified atom stereocenters. The SMILES string of the molecule is COCCOc1ccccc1-c1nnc(Nc2ccc(CC(N)=O)cc2C)c2ccsc12. The monoisotopic (exact) mass is 448 g/mol. The van der Waals surface area contributed by atoms with Crippen LogP contribution in [0.25, 0.3) is 21.3 Å². The van der Waals surface area contributed by atoms with Crippen LogP contribution in [0.5, 0.6) is 5.75 Å². The van der Waals surface area contributed by atoms with Crippen molar-refractivity contribution in [1.82, 2.24) is 10.2 Å². The van der Waals surface area contributed by atoms with Gasteiger partial charge in [0.05, 0.1) is 17.7 Å². The van der Waals surface area contributed by atoms with Crippen LogP contribution in [0.1, 0.15) is 11.1 Å². The zero-order valence-corrected chi connectivity index (χ0v) is 18.7. The molecule has 0 spiro atoms. The number of hydrogen-bond donors (Lipinski definition) is 2. The van der Waals surface area contributed by atoms with Crippen molar-refractivity contribution in [3.63, 3.8) is 0 Å². The largest absolute Gasteiger partial charge is 0.490 e. The number of methoxy groups -OCH3 is 1. The van der Waals surface area contributed by atoms with E-state index >= 15 is 0 Å². The van der Waals surface area contributed by atoms with E-state index in [1.54, 1.807) is 18.4 Å². The van der Waals surface area contributed by atoms with E-state index in [1.807, 2.05) is 60.8 Å². The summed E-state index contributed by atoms with van der Waals surface area (Å²) in [5.74, 6) is 1.07. The second-order valence-electron chi connectivity index (χ2n) is 7.32. The first kappa shape index (κ1) is 21.7. The van der Waals surface area contributed by atoms with E-state index < -0.39 is 0 Å². The summed E-state index contributed by atoms with van der Waals surface area (Å²) in [4.78, 5) is 11.2. The molecular weight excluding hydrogens is 424 g/mol. The molecule has 0 bridgehead atoms. The van der Waals surface area contributed by atoms with Crippen LogP contribution >= 0.6 is 11.3 Å². The van der Waals surface area contributed by atoms with Gasteiger partial charge in [0.15, 0.2) is 5.82 Å². The first-order chi connectivity index (χ1) is 15.6. The van der Waals surface area contributed by atoms with Gasteiger partial charge in [-0.25, -0.2) is 0 Å². The van der Waals surface area contributed by atoms with E-state index in [-0.39, 0.29) is 12.3 Å². The van der Waals surface area contributed by atoms with Gasteiger partial charge in [0.25, 0.3) is 0 Å². The number of nitrogens with two attached hydrogens (primary N) is 1. The number of benzene rings is 2. The molecule has 8 heteroatoms. The summed E-state index contributed by atoms with van der Waals surface area (Å²) >= 11 is 1.61. The summed E-state index contributed by atoms with van der Waals surface area (Å²) in [5, 5.41) is 15.4. The fourth-order valence-corrected chi connectivity index (χ4v) is 4.37. The van der Waals surface area contributed by atoms with Gasteiger partial charge in [0, 0.05) is 23.7 Å². The predicted octanol–water partition coefficient (Wildman–Crippen LogP) is 4.46. The number of nitrogens with zero attached hydrogens (tertiary/aromatic N) is 2. The third-order valence-corrected chi connectivity index (χ3v) is 5.92. The Morgan fingerprint density at radius 1 is 1.12 bits per heavy atom. The number of fused-ring (bicyclic) bond motifs is 1. The van der Waals surface area contributed by atoms with Crippen molar-refractivity contribution in [3.8, 4) is 17.0 Å². The Balaban J connectivity index is 1.67. The van der Waals surface area contributed by atoms with E-state index in [9.17, 15) is 4.79 Å². The molecule has 0 aliphatic carbocycles. The molecule has 32 heavy (non-hydrogen) atoms. The van der Waals surface area contributed by atoms with Crippen molar-refractivity contribution in [2.24, 2.45) is 5.73 Å². The number of para-hydroxylation sites is 1. The number of ether oxygens (including phenoxy) is 2. The third kappa shape index (κ3) is 4.71. The normalized spacial score (nSPS) is 10.9. The minimum atomic E-state index is -0.349. The molecule has 2 aromatic carbocycles. The number of carbonyl (C=O) groups is 1. The van der Waals surface area contributed by atoms with Gasteiger partial charge in [-0.2, -0.15) is 0 Å². The van der Waals surface area contributed by atoms with E-state index in [0.717, 1.165) is 43.9 Å². The molecule has 7 nitrogen and oxygen atoms in total. The van der Waals surface area contributed by atoms with Crippen LogP contribution in [0, 0.1) is 6.92 Å². The molecule has 0 saturated carbocycles. The highest BCUT2D eigenvalue weighted by atomic mass is 32.1. The Kier molecular flexibility index (Phi) is 6.63. The Morgan fingerprint density at radius 3 is 2.75 bits per heavy atom. The maximum Gasteiger partial charge on any atom is 0.221 e. The number of carbonyl (C=O) groups excluding carboxylic acids is 1. The first-order valence-electron chi connectivity index (χ1n) is 10.2. The van der Waals surface area contributed by atoms with Gasteiger partial charge in [-0.15, -0.1) is 21.5 Å². The molecule has 4 aromatic rings. The molecule has 4 rings (SSSR count). The summed E-state index contributed by atoms with van der Waals surface area (Å²) in [7, 11) is 1.65. The van der Waals surface area contributed by atoms with Crippen LogP contribution in [0.4, 0.5) is 11.5 Å². The molecule has 0 fully saturated rings. The molecule has 0 radical (unpaired) electrons. The van der Waals surface area contributed by atoms with E-state index in [1.165, 1.54) is 0 Å². The van der Waals surface area contributed by atoms with Crippen molar-refractivity contribution in [2.75, 3.05) is 25.6 Å². The van der Waals surface area contributed by atoms with Crippen molar-refractivity contribution < 1.29 is 14.3 Å². The van der Waals surface area contributed by atoms with Gasteiger partial charge in [-0.1, -0.05) is 24.3 Å². The van der Waals surface area contributed by atoms with Crippen molar-refractivity contribution in [1.29, 1.82) is 0 Å². The standard InChI is InChI=1S/C24H24N4O3S/c1-15-13-16(14-21(25)29)7-8-19(15)26-24-18-9-12-32-23(18)22(27-28-24)17-5-3-4-6-20(17)31-11-10-30-2/h3-9,12-13H,10-11,14H2,1-2H3,(H2,25,29)(H,26,28). The minimum Gasteiger partial charge on any atom is -0.490 e. The molecule has 0 aliphatic rings. The quantitative estimate of drug-likeness (QED) is 0.367. The molecule has 0 atom stereocenters. The number of aromatic nitrogens is 2. The Morgan fingerprint density at radius 2 is 1.97 bits per heavy atom. The summed E-state index contributed by atoms with van der Waals surface area (Å²) in [6, 6.07) is 15.6. The summed E-state index contributed by atoms with van der Waals surface area (Å²) < 4.78 is 12.0. The number of aryl methyl sites for hydroxylation is 1. The maximum absolute atomic E-state index is 11.2. The smallest absolute Gasteiger partial charge is 0.221 e. The van der Waals surface area contributed by atoms with Crippen LogP contribution in [0.2, 0.25) is 0 Å². The lowest BCUT2D eigenvalue weighted by atomic mass is 10.1. The van der Waals surface area contributed by atoms with Gasteiger partial charge in [-0.05, 0) is 47.7 Å². The van der Waals surface area contributed by atoms with Gasteiger partial charge in [0.1, 0.15) is 18.1 Å². The van der Waals surface area contributed by atoms with E-state index in [4.69, 9.17) is 15.2 Å². The third-order valence-electron chi connectivity index (χ3n) is 4.99.